The van der Waals surface area contributed by atoms with E-state index in [4.69, 9.17) is 0 Å². The number of amides is 1. The van der Waals surface area contributed by atoms with Gasteiger partial charge in [0.2, 0.25) is 5.91 Å². The molecule has 1 aromatic carbocycles. The van der Waals surface area contributed by atoms with E-state index < -0.39 is 10.0 Å². The summed E-state index contributed by atoms with van der Waals surface area (Å²) in [4.78, 5) is 24.5. The largest absolute Gasteiger partial charge is 0.355 e. The molecule has 0 bridgehead atoms. The minimum absolute atomic E-state index is 0.143. The molecule has 1 atom stereocenters. The third-order valence-electron chi connectivity index (χ3n) is 6.37. The van der Waals surface area contributed by atoms with Crippen LogP contribution in [0.4, 0.5) is 5.13 Å². The third kappa shape index (κ3) is 4.01. The number of anilines is 1. The van der Waals surface area contributed by atoms with Crippen LogP contribution in [0.5, 0.6) is 0 Å². The predicted octanol–water partition coefficient (Wildman–Crippen LogP) is 2.35. The van der Waals surface area contributed by atoms with Crippen molar-refractivity contribution in [3.05, 3.63) is 40.9 Å². The fraction of sp³-hybridized carbons (Fsp3) is 0.500. The third-order valence-corrected chi connectivity index (χ3v) is 8.71. The number of likely N-dealkylation sites (tertiary alicyclic amines) is 1. The van der Waals surface area contributed by atoms with Crippen LogP contribution in [0.25, 0.3) is 0 Å². The molecule has 0 radical (unpaired) electrons. The fourth-order valence-electron chi connectivity index (χ4n) is 4.76. The highest BCUT2D eigenvalue weighted by molar-refractivity contribution is 7.90. The number of aryl methyl sites for hydroxylation is 1. The summed E-state index contributed by atoms with van der Waals surface area (Å²) < 4.78 is 29.0. The number of thiazole rings is 1. The molecule has 4 heterocycles. The van der Waals surface area contributed by atoms with Crippen LogP contribution in [0.1, 0.15) is 30.5 Å². The van der Waals surface area contributed by atoms with E-state index in [0.717, 1.165) is 49.7 Å². The van der Waals surface area contributed by atoms with Crippen molar-refractivity contribution in [3.8, 4) is 0 Å². The van der Waals surface area contributed by atoms with E-state index in [1.54, 1.807) is 29.5 Å². The number of rotatable bonds is 2. The molecule has 8 nitrogen and oxygen atoms in total. The Morgan fingerprint density at radius 1 is 1.06 bits per heavy atom. The smallest absolute Gasteiger partial charge is 0.285 e. The average Bonchev–Trinajstić information content (AvgIpc) is 3.24. The Balaban J connectivity index is 1.27. The second kappa shape index (κ2) is 8.47. The average molecular weight is 474 g/mol. The maximum atomic E-state index is 13.4. The fourth-order valence-corrected chi connectivity index (χ4v) is 6.85. The summed E-state index contributed by atoms with van der Waals surface area (Å²) in [5.41, 5.74) is 1.67. The van der Waals surface area contributed by atoms with E-state index >= 15 is 0 Å². The molecule has 0 saturated carbocycles. The zero-order chi connectivity index (χ0) is 22.3. The number of nitrogens with zero attached hydrogens (tertiary/aromatic N) is 5. The Labute approximate surface area is 192 Å². The number of amidine groups is 1. The first kappa shape index (κ1) is 21.4. The zero-order valence-electron chi connectivity index (χ0n) is 18.1. The van der Waals surface area contributed by atoms with Gasteiger partial charge in [-0.3, -0.25) is 4.79 Å². The van der Waals surface area contributed by atoms with E-state index in [1.165, 1.54) is 0 Å². The van der Waals surface area contributed by atoms with Crippen LogP contribution >= 0.6 is 11.3 Å². The SMILES string of the molecule is Cc1csc(N2CCCN(C(=O)C3CCCN(C4=NS(=O)(=O)c5ccccc54)C3)CC2)n1. The number of aromatic nitrogens is 1. The van der Waals surface area contributed by atoms with Crippen LogP contribution in [0.3, 0.4) is 0 Å². The predicted molar refractivity (Wildman–Crippen MR) is 125 cm³/mol. The van der Waals surface area contributed by atoms with Gasteiger partial charge in [-0.2, -0.15) is 8.42 Å². The topological polar surface area (TPSA) is 86.2 Å². The van der Waals surface area contributed by atoms with Gasteiger partial charge in [0, 0.05) is 50.2 Å². The summed E-state index contributed by atoms with van der Waals surface area (Å²) in [7, 11) is -3.66. The molecule has 10 heteroatoms. The van der Waals surface area contributed by atoms with E-state index in [0.29, 0.717) is 31.0 Å². The summed E-state index contributed by atoms with van der Waals surface area (Å²) in [6.45, 7) is 6.34. The molecule has 1 unspecified atom stereocenters. The number of hydrogen-bond donors (Lipinski definition) is 0. The minimum Gasteiger partial charge on any atom is -0.355 e. The number of piperidine rings is 1. The molecule has 32 heavy (non-hydrogen) atoms. The molecule has 0 N–H and O–H groups in total. The molecule has 2 saturated heterocycles. The molecular weight excluding hydrogens is 446 g/mol. The number of carbonyl (C=O) groups is 1. The van der Waals surface area contributed by atoms with Crippen molar-refractivity contribution in [1.29, 1.82) is 0 Å². The lowest BCUT2D eigenvalue weighted by atomic mass is 9.95. The van der Waals surface area contributed by atoms with Gasteiger partial charge in [-0.15, -0.1) is 15.7 Å². The Kier molecular flexibility index (Phi) is 5.66. The second-order valence-electron chi connectivity index (χ2n) is 8.61. The maximum absolute atomic E-state index is 13.4. The van der Waals surface area contributed by atoms with Crippen molar-refractivity contribution in [1.82, 2.24) is 14.8 Å². The Morgan fingerprint density at radius 2 is 1.88 bits per heavy atom. The maximum Gasteiger partial charge on any atom is 0.285 e. The van der Waals surface area contributed by atoms with Crippen molar-refractivity contribution in [2.75, 3.05) is 44.2 Å². The van der Waals surface area contributed by atoms with E-state index in [1.807, 2.05) is 22.8 Å². The highest BCUT2D eigenvalue weighted by Crippen LogP contribution is 2.30. The normalized spacial score (nSPS) is 23.0. The van der Waals surface area contributed by atoms with Crippen LogP contribution in [0.2, 0.25) is 0 Å². The van der Waals surface area contributed by atoms with Gasteiger partial charge in [0.05, 0.1) is 11.6 Å². The molecule has 1 aromatic heterocycles. The van der Waals surface area contributed by atoms with E-state index in [2.05, 4.69) is 19.7 Å². The molecule has 2 fully saturated rings. The summed E-state index contributed by atoms with van der Waals surface area (Å²) in [6.07, 6.45) is 2.58. The van der Waals surface area contributed by atoms with Crippen LogP contribution in [0.15, 0.2) is 38.9 Å². The van der Waals surface area contributed by atoms with Crippen molar-refractivity contribution >= 4 is 38.2 Å². The first-order chi connectivity index (χ1) is 15.4. The Bertz CT molecular complexity index is 1160. The molecule has 170 valence electrons. The molecule has 3 aliphatic rings. The van der Waals surface area contributed by atoms with Crippen LogP contribution < -0.4 is 4.90 Å². The molecule has 2 aromatic rings. The van der Waals surface area contributed by atoms with Crippen molar-refractivity contribution < 1.29 is 13.2 Å². The lowest BCUT2D eigenvalue weighted by molar-refractivity contribution is -0.136. The summed E-state index contributed by atoms with van der Waals surface area (Å²) in [5, 5.41) is 3.09. The number of carbonyl (C=O) groups excluding carboxylic acids is 1. The lowest BCUT2D eigenvalue weighted by Crippen LogP contribution is -2.47. The van der Waals surface area contributed by atoms with Gasteiger partial charge in [-0.1, -0.05) is 12.1 Å². The van der Waals surface area contributed by atoms with Gasteiger partial charge < -0.3 is 14.7 Å². The quantitative estimate of drug-likeness (QED) is 0.666. The first-order valence-corrected chi connectivity index (χ1v) is 13.4. The first-order valence-electron chi connectivity index (χ1n) is 11.1. The minimum atomic E-state index is -3.66. The number of benzene rings is 1. The monoisotopic (exact) mass is 473 g/mol. The molecule has 0 aliphatic carbocycles. The van der Waals surface area contributed by atoms with E-state index in [9.17, 15) is 13.2 Å². The van der Waals surface area contributed by atoms with Gasteiger partial charge >= 0.3 is 0 Å². The number of hydrogen-bond acceptors (Lipinski definition) is 7. The Morgan fingerprint density at radius 3 is 2.69 bits per heavy atom. The van der Waals surface area contributed by atoms with Gasteiger partial charge in [-0.25, -0.2) is 4.98 Å². The van der Waals surface area contributed by atoms with Gasteiger partial charge in [-0.05, 0) is 38.3 Å². The highest BCUT2D eigenvalue weighted by Gasteiger charge is 2.36. The van der Waals surface area contributed by atoms with E-state index in [-0.39, 0.29) is 16.7 Å². The van der Waals surface area contributed by atoms with Gasteiger partial charge in [0.1, 0.15) is 4.90 Å². The molecule has 3 aliphatic heterocycles. The summed E-state index contributed by atoms with van der Waals surface area (Å²) >= 11 is 1.65. The summed E-state index contributed by atoms with van der Waals surface area (Å²) in [6, 6.07) is 6.94. The van der Waals surface area contributed by atoms with Gasteiger partial charge in [0.25, 0.3) is 10.0 Å². The van der Waals surface area contributed by atoms with Crippen LogP contribution in [-0.4, -0.2) is 74.2 Å². The zero-order valence-corrected chi connectivity index (χ0v) is 19.7. The Hall–Kier alpha value is -2.46. The van der Waals surface area contributed by atoms with Gasteiger partial charge in [0.15, 0.2) is 11.0 Å². The molecular formula is C22H27N5O3S2. The number of fused-ring (bicyclic) bond motifs is 1. The highest BCUT2D eigenvalue weighted by atomic mass is 32.2. The standard InChI is InChI=1S/C22H27N5O3S2/c1-16-15-31-22(23-16)26-11-5-10-25(12-13-26)21(28)17-6-4-9-27(14-17)20-18-7-2-3-8-19(18)32(29,30)24-20/h2-3,7-8,15,17H,4-6,9-14H2,1H3. The molecule has 0 spiro atoms. The molecule has 5 rings (SSSR count). The van der Waals surface area contributed by atoms with Crippen molar-refractivity contribution in [2.24, 2.45) is 10.3 Å². The van der Waals surface area contributed by atoms with Crippen molar-refractivity contribution in [3.63, 3.8) is 0 Å². The number of sulfonamides is 1. The lowest BCUT2D eigenvalue weighted by Gasteiger charge is -2.35. The summed E-state index contributed by atoms with van der Waals surface area (Å²) in [5.74, 6) is 0.511. The molecule has 1 amide bonds. The van der Waals surface area contributed by atoms with Crippen molar-refractivity contribution in [2.45, 2.75) is 31.1 Å². The van der Waals surface area contributed by atoms with Crippen LogP contribution in [0, 0.1) is 12.8 Å². The second-order valence-corrected chi connectivity index (χ2v) is 11.0. The van der Waals surface area contributed by atoms with Crippen LogP contribution in [-0.2, 0) is 14.8 Å².